The van der Waals surface area contributed by atoms with Gasteiger partial charge in [-0.05, 0) is 57.1 Å². The first kappa shape index (κ1) is 19.5. The van der Waals surface area contributed by atoms with E-state index in [0.717, 1.165) is 44.9 Å². The van der Waals surface area contributed by atoms with E-state index >= 15 is 0 Å². The lowest BCUT2D eigenvalue weighted by Gasteiger charge is -2.32. The minimum atomic E-state index is -0.123. The first-order valence-corrected chi connectivity index (χ1v) is 9.16. The monoisotopic (exact) mass is 348 g/mol. The van der Waals surface area contributed by atoms with Crippen molar-refractivity contribution in [3.05, 3.63) is 29.3 Å². The highest BCUT2D eigenvalue weighted by molar-refractivity contribution is 5.73. The molecule has 6 heteroatoms. The van der Waals surface area contributed by atoms with Gasteiger partial charge in [0.2, 0.25) is 0 Å². The molecule has 0 saturated carbocycles. The highest BCUT2D eigenvalue weighted by Gasteiger charge is 2.12. The van der Waals surface area contributed by atoms with Crippen LogP contribution in [0.2, 0.25) is 0 Å². The molecule has 2 N–H and O–H groups in total. The number of benzene rings is 1. The molecule has 1 saturated heterocycles. The van der Waals surface area contributed by atoms with Crippen LogP contribution in [0.1, 0.15) is 17.5 Å². The summed E-state index contributed by atoms with van der Waals surface area (Å²) in [5, 5.41) is 5.74. The van der Waals surface area contributed by atoms with Gasteiger partial charge in [-0.2, -0.15) is 0 Å². The molecule has 0 aromatic heterocycles. The molecule has 1 aromatic rings. The fourth-order valence-corrected chi connectivity index (χ4v) is 2.99. The molecule has 0 radical (unpaired) electrons. The average Bonchev–Trinajstić information content (AvgIpc) is 2.56. The Bertz CT molecular complexity index is 522. The maximum absolute atomic E-state index is 11.8. The van der Waals surface area contributed by atoms with Crippen molar-refractivity contribution in [1.29, 1.82) is 0 Å². The van der Waals surface area contributed by atoms with E-state index in [1.54, 1.807) is 0 Å². The van der Waals surface area contributed by atoms with Crippen molar-refractivity contribution < 1.29 is 9.53 Å². The number of urea groups is 1. The smallest absolute Gasteiger partial charge is 0.314 e. The van der Waals surface area contributed by atoms with E-state index in [1.807, 2.05) is 26.0 Å². The summed E-state index contributed by atoms with van der Waals surface area (Å²) >= 11 is 0. The van der Waals surface area contributed by atoms with Crippen molar-refractivity contribution in [3.63, 3.8) is 0 Å². The molecule has 0 atom stereocenters. The van der Waals surface area contributed by atoms with Gasteiger partial charge in [-0.1, -0.05) is 6.07 Å². The molecule has 6 nitrogen and oxygen atoms in total. The van der Waals surface area contributed by atoms with E-state index in [4.69, 9.17) is 4.74 Å². The Balaban J connectivity index is 1.49. The highest BCUT2D eigenvalue weighted by atomic mass is 16.5. The molecule has 1 aliphatic rings. The Morgan fingerprint density at radius 3 is 2.36 bits per heavy atom. The molecule has 25 heavy (non-hydrogen) atoms. The molecule has 1 heterocycles. The van der Waals surface area contributed by atoms with Crippen LogP contribution in [0.4, 0.5) is 4.79 Å². The minimum Gasteiger partial charge on any atom is -0.492 e. The topological polar surface area (TPSA) is 56.8 Å². The van der Waals surface area contributed by atoms with Crippen LogP contribution in [0.5, 0.6) is 5.75 Å². The highest BCUT2D eigenvalue weighted by Crippen LogP contribution is 2.15. The van der Waals surface area contributed by atoms with Crippen LogP contribution in [-0.4, -0.2) is 75.3 Å². The lowest BCUT2D eigenvalue weighted by Crippen LogP contribution is -2.45. The van der Waals surface area contributed by atoms with Crippen LogP contribution >= 0.6 is 0 Å². The van der Waals surface area contributed by atoms with Crippen molar-refractivity contribution in [2.75, 3.05) is 59.5 Å². The van der Waals surface area contributed by atoms with E-state index in [-0.39, 0.29) is 6.03 Å². The molecular formula is C19H32N4O2. The van der Waals surface area contributed by atoms with Gasteiger partial charge < -0.3 is 25.2 Å². The number of carbonyl (C=O) groups excluding carboxylic acids is 1. The van der Waals surface area contributed by atoms with Crippen LogP contribution < -0.4 is 15.4 Å². The van der Waals surface area contributed by atoms with Crippen molar-refractivity contribution in [1.82, 2.24) is 20.4 Å². The second-order valence-corrected chi connectivity index (χ2v) is 6.85. The first-order chi connectivity index (χ1) is 12.0. The lowest BCUT2D eigenvalue weighted by atomic mass is 10.1. The number of likely N-dealkylation sites (N-methyl/N-ethyl adjacent to an activating group) is 1. The number of ether oxygens (including phenoxy) is 1. The van der Waals surface area contributed by atoms with Gasteiger partial charge in [0.1, 0.15) is 12.4 Å². The number of aryl methyl sites for hydroxylation is 2. The number of hydrogen-bond acceptors (Lipinski definition) is 4. The number of carbonyl (C=O) groups is 1. The number of piperazine rings is 1. The second-order valence-electron chi connectivity index (χ2n) is 6.85. The standard InChI is InChI=1S/C19H32N4O2/c1-16-13-17(2)15-18(14-16)25-12-6-21-19(24)20-5-4-7-23-10-8-22(3)9-11-23/h13-15H,4-12H2,1-3H3,(H2,20,21,24). The lowest BCUT2D eigenvalue weighted by molar-refractivity contribution is 0.153. The Kier molecular flexibility index (Phi) is 8.01. The van der Waals surface area contributed by atoms with Gasteiger partial charge in [0.15, 0.2) is 0 Å². The summed E-state index contributed by atoms with van der Waals surface area (Å²) in [6.45, 7) is 11.3. The predicted octanol–water partition coefficient (Wildman–Crippen LogP) is 1.62. The number of amides is 2. The number of hydrogen-bond donors (Lipinski definition) is 2. The largest absolute Gasteiger partial charge is 0.492 e. The van der Waals surface area contributed by atoms with Gasteiger partial charge in [-0.25, -0.2) is 4.79 Å². The van der Waals surface area contributed by atoms with Crippen LogP contribution in [-0.2, 0) is 0 Å². The molecular weight excluding hydrogens is 316 g/mol. The number of nitrogens with one attached hydrogen (secondary N) is 2. The van der Waals surface area contributed by atoms with Gasteiger partial charge in [-0.15, -0.1) is 0 Å². The maximum Gasteiger partial charge on any atom is 0.314 e. The first-order valence-electron chi connectivity index (χ1n) is 9.16. The van der Waals surface area contributed by atoms with Crippen molar-refractivity contribution in [2.45, 2.75) is 20.3 Å². The molecule has 1 aliphatic heterocycles. The number of rotatable bonds is 8. The SMILES string of the molecule is Cc1cc(C)cc(OCCNC(=O)NCCCN2CCN(C)CC2)c1. The van der Waals surface area contributed by atoms with E-state index < -0.39 is 0 Å². The second kappa shape index (κ2) is 10.3. The van der Waals surface area contributed by atoms with Gasteiger partial charge >= 0.3 is 6.03 Å². The van der Waals surface area contributed by atoms with E-state index in [9.17, 15) is 4.79 Å². The third kappa shape index (κ3) is 7.75. The zero-order chi connectivity index (χ0) is 18.1. The molecule has 0 unspecified atom stereocenters. The summed E-state index contributed by atoms with van der Waals surface area (Å²) in [4.78, 5) is 16.6. The summed E-state index contributed by atoms with van der Waals surface area (Å²) in [6, 6.07) is 6.00. The van der Waals surface area contributed by atoms with E-state index in [2.05, 4.69) is 33.5 Å². The summed E-state index contributed by atoms with van der Waals surface area (Å²) in [6.07, 6.45) is 0.982. The molecule has 140 valence electrons. The summed E-state index contributed by atoms with van der Waals surface area (Å²) in [7, 11) is 2.16. The molecule has 1 aromatic carbocycles. The zero-order valence-electron chi connectivity index (χ0n) is 15.8. The summed E-state index contributed by atoms with van der Waals surface area (Å²) in [5.74, 6) is 0.854. The Labute approximate surface area is 151 Å². The maximum atomic E-state index is 11.8. The molecule has 2 rings (SSSR count). The quantitative estimate of drug-likeness (QED) is 0.701. The Morgan fingerprint density at radius 1 is 1.04 bits per heavy atom. The predicted molar refractivity (Wildman–Crippen MR) is 101 cm³/mol. The van der Waals surface area contributed by atoms with Crippen LogP contribution in [0.25, 0.3) is 0 Å². The molecule has 0 bridgehead atoms. The van der Waals surface area contributed by atoms with Crippen molar-refractivity contribution in [2.24, 2.45) is 0 Å². The van der Waals surface area contributed by atoms with Crippen molar-refractivity contribution >= 4 is 6.03 Å². The summed E-state index contributed by atoms with van der Waals surface area (Å²) < 4.78 is 5.68. The third-order valence-corrected chi connectivity index (χ3v) is 4.38. The van der Waals surface area contributed by atoms with Gasteiger partial charge in [0, 0.05) is 32.7 Å². The van der Waals surface area contributed by atoms with Gasteiger partial charge in [-0.3, -0.25) is 0 Å². The van der Waals surface area contributed by atoms with Crippen LogP contribution in [0, 0.1) is 13.8 Å². The van der Waals surface area contributed by atoms with E-state index in [1.165, 1.54) is 11.1 Å². The molecule has 0 aliphatic carbocycles. The Morgan fingerprint density at radius 2 is 1.68 bits per heavy atom. The normalized spacial score (nSPS) is 15.8. The Hall–Kier alpha value is -1.79. The summed E-state index contributed by atoms with van der Waals surface area (Å²) in [5.41, 5.74) is 2.36. The fraction of sp³-hybridized carbons (Fsp3) is 0.632. The van der Waals surface area contributed by atoms with Crippen LogP contribution in [0.3, 0.4) is 0 Å². The van der Waals surface area contributed by atoms with Gasteiger partial charge in [0.25, 0.3) is 0 Å². The average molecular weight is 348 g/mol. The fourth-order valence-electron chi connectivity index (χ4n) is 2.99. The van der Waals surface area contributed by atoms with E-state index in [0.29, 0.717) is 19.7 Å². The molecule has 1 fully saturated rings. The molecule has 0 spiro atoms. The van der Waals surface area contributed by atoms with Crippen LogP contribution in [0.15, 0.2) is 18.2 Å². The zero-order valence-corrected chi connectivity index (χ0v) is 15.8. The van der Waals surface area contributed by atoms with Gasteiger partial charge in [0.05, 0.1) is 6.54 Å². The van der Waals surface area contributed by atoms with Crippen molar-refractivity contribution in [3.8, 4) is 5.75 Å². The number of nitrogens with zero attached hydrogens (tertiary/aromatic N) is 2. The third-order valence-electron chi connectivity index (χ3n) is 4.38. The molecule has 2 amide bonds. The minimum absolute atomic E-state index is 0.123.